The van der Waals surface area contributed by atoms with Gasteiger partial charge in [-0.3, -0.25) is 4.79 Å². The lowest BCUT2D eigenvalue weighted by Crippen LogP contribution is -2.26. The maximum atomic E-state index is 11.6. The van der Waals surface area contributed by atoms with E-state index in [0.29, 0.717) is 6.54 Å². The molecule has 4 nitrogen and oxygen atoms in total. The molecular weight excluding hydrogens is 258 g/mol. The lowest BCUT2D eigenvalue weighted by atomic mass is 10.2. The minimum absolute atomic E-state index is 0.232. The molecule has 0 radical (unpaired) electrons. The summed E-state index contributed by atoms with van der Waals surface area (Å²) in [5, 5.41) is 14.5. The molecule has 0 spiro atoms. The molecule has 2 heterocycles. The number of halogens is 1. The van der Waals surface area contributed by atoms with Crippen molar-refractivity contribution in [2.75, 3.05) is 6.54 Å². The largest absolute Gasteiger partial charge is 0.350 e. The molecule has 0 aliphatic heterocycles. The van der Waals surface area contributed by atoms with Crippen LogP contribution in [0.25, 0.3) is 0 Å². The van der Waals surface area contributed by atoms with Gasteiger partial charge in [-0.15, -0.1) is 10.2 Å². The van der Waals surface area contributed by atoms with Crippen molar-refractivity contribution in [3.05, 3.63) is 45.4 Å². The van der Waals surface area contributed by atoms with Crippen LogP contribution >= 0.6 is 22.9 Å². The third-order valence-electron chi connectivity index (χ3n) is 2.14. The number of rotatable bonds is 4. The number of carbonyl (C=O) groups is 1. The van der Waals surface area contributed by atoms with E-state index in [4.69, 9.17) is 11.6 Å². The van der Waals surface area contributed by atoms with Crippen LogP contribution in [0.1, 0.15) is 16.1 Å². The molecule has 2 rings (SSSR count). The van der Waals surface area contributed by atoms with Gasteiger partial charge in [-0.25, -0.2) is 0 Å². The molecule has 2 aromatic heterocycles. The van der Waals surface area contributed by atoms with Crippen LogP contribution in [0.2, 0.25) is 5.15 Å². The minimum Gasteiger partial charge on any atom is -0.350 e. The highest BCUT2D eigenvalue weighted by Gasteiger charge is 2.06. The number of amides is 1. The van der Waals surface area contributed by atoms with Crippen LogP contribution in [-0.2, 0) is 6.42 Å². The van der Waals surface area contributed by atoms with Crippen LogP contribution in [0, 0.1) is 0 Å². The molecule has 0 unspecified atom stereocenters. The van der Waals surface area contributed by atoms with Crippen LogP contribution < -0.4 is 5.32 Å². The molecule has 0 fully saturated rings. The Kier molecular flexibility index (Phi) is 4.06. The summed E-state index contributed by atoms with van der Waals surface area (Å²) in [5.41, 5.74) is 1.50. The molecule has 1 N–H and O–H groups in total. The Morgan fingerprint density at radius 3 is 2.88 bits per heavy atom. The predicted molar refractivity (Wildman–Crippen MR) is 67.4 cm³/mol. The molecule has 1 amide bonds. The van der Waals surface area contributed by atoms with E-state index in [9.17, 15) is 4.79 Å². The second-order valence-corrected chi connectivity index (χ2v) is 4.55. The van der Waals surface area contributed by atoms with E-state index >= 15 is 0 Å². The zero-order valence-electron chi connectivity index (χ0n) is 8.89. The van der Waals surface area contributed by atoms with E-state index in [1.54, 1.807) is 23.5 Å². The van der Waals surface area contributed by atoms with Gasteiger partial charge in [0.1, 0.15) is 0 Å². The van der Waals surface area contributed by atoms with E-state index < -0.39 is 0 Å². The summed E-state index contributed by atoms with van der Waals surface area (Å²) in [7, 11) is 0. The monoisotopic (exact) mass is 267 g/mol. The molecule has 88 valence electrons. The molecule has 0 saturated heterocycles. The van der Waals surface area contributed by atoms with Gasteiger partial charge < -0.3 is 5.32 Å². The number of hydrogen-bond acceptors (Lipinski definition) is 4. The van der Waals surface area contributed by atoms with Gasteiger partial charge in [0.2, 0.25) is 0 Å². The highest BCUT2D eigenvalue weighted by Crippen LogP contribution is 2.06. The molecule has 0 saturated carbocycles. The van der Waals surface area contributed by atoms with Gasteiger partial charge in [0.15, 0.2) is 10.8 Å². The standard InChI is InChI=1S/C11H10ClN3OS/c12-10-2-1-9(14-15-10)11(16)13-5-3-8-4-6-17-7-8/h1-2,4,6-7H,3,5H2,(H,13,16). The molecule has 0 aromatic carbocycles. The Balaban J connectivity index is 1.83. The Labute approximate surface area is 108 Å². The fraction of sp³-hybridized carbons (Fsp3) is 0.182. The van der Waals surface area contributed by atoms with Gasteiger partial charge in [0.25, 0.3) is 5.91 Å². The van der Waals surface area contributed by atoms with Crippen molar-refractivity contribution in [2.24, 2.45) is 0 Å². The lowest BCUT2D eigenvalue weighted by Gasteiger charge is -2.02. The Bertz CT molecular complexity index is 484. The SMILES string of the molecule is O=C(NCCc1ccsc1)c1ccc(Cl)nn1. The van der Waals surface area contributed by atoms with Gasteiger partial charge in [-0.05, 0) is 40.9 Å². The Hall–Kier alpha value is -1.46. The highest BCUT2D eigenvalue weighted by atomic mass is 35.5. The fourth-order valence-corrected chi connectivity index (χ4v) is 2.09. The van der Waals surface area contributed by atoms with Crippen molar-refractivity contribution < 1.29 is 4.79 Å². The first-order chi connectivity index (χ1) is 8.25. The minimum atomic E-state index is -0.232. The van der Waals surface area contributed by atoms with Crippen LogP contribution in [0.15, 0.2) is 29.0 Å². The fourth-order valence-electron chi connectivity index (χ4n) is 1.28. The van der Waals surface area contributed by atoms with E-state index in [1.165, 1.54) is 5.56 Å². The van der Waals surface area contributed by atoms with Gasteiger partial charge >= 0.3 is 0 Å². The first-order valence-electron chi connectivity index (χ1n) is 5.04. The van der Waals surface area contributed by atoms with Gasteiger partial charge in [-0.2, -0.15) is 11.3 Å². The normalized spacial score (nSPS) is 10.2. The summed E-state index contributed by atoms with van der Waals surface area (Å²) in [5.74, 6) is -0.232. The molecule has 0 aliphatic carbocycles. The summed E-state index contributed by atoms with van der Waals surface area (Å²) in [6.45, 7) is 0.583. The van der Waals surface area contributed by atoms with Gasteiger partial charge in [0.05, 0.1) is 0 Å². The maximum Gasteiger partial charge on any atom is 0.271 e. The third-order valence-corrected chi connectivity index (χ3v) is 3.08. The summed E-state index contributed by atoms with van der Waals surface area (Å²) < 4.78 is 0. The highest BCUT2D eigenvalue weighted by molar-refractivity contribution is 7.07. The number of carbonyl (C=O) groups excluding carboxylic acids is 1. The predicted octanol–water partition coefficient (Wildman–Crippen LogP) is 2.16. The first kappa shape index (κ1) is 12.0. The molecule has 17 heavy (non-hydrogen) atoms. The Morgan fingerprint density at radius 2 is 2.24 bits per heavy atom. The third kappa shape index (κ3) is 3.51. The van der Waals surface area contributed by atoms with Crippen LogP contribution in [0.3, 0.4) is 0 Å². The number of nitrogens with one attached hydrogen (secondary N) is 1. The van der Waals surface area contributed by atoms with Crippen molar-refractivity contribution >= 4 is 28.8 Å². The summed E-state index contributed by atoms with van der Waals surface area (Å²) >= 11 is 7.23. The number of thiophene rings is 1. The van der Waals surface area contributed by atoms with Crippen molar-refractivity contribution in [1.29, 1.82) is 0 Å². The van der Waals surface area contributed by atoms with Crippen LogP contribution in [-0.4, -0.2) is 22.6 Å². The summed E-state index contributed by atoms with van der Waals surface area (Å²) in [6, 6.07) is 5.14. The molecule has 0 atom stereocenters. The number of nitrogens with zero attached hydrogens (tertiary/aromatic N) is 2. The average Bonchev–Trinajstić information content (AvgIpc) is 2.83. The van der Waals surface area contributed by atoms with Crippen molar-refractivity contribution in [3.8, 4) is 0 Å². The van der Waals surface area contributed by atoms with E-state index in [1.807, 2.05) is 11.4 Å². The first-order valence-corrected chi connectivity index (χ1v) is 6.36. The lowest BCUT2D eigenvalue weighted by molar-refractivity contribution is 0.0948. The second kappa shape index (κ2) is 5.75. The van der Waals surface area contributed by atoms with E-state index in [-0.39, 0.29) is 16.8 Å². The molecule has 6 heteroatoms. The second-order valence-electron chi connectivity index (χ2n) is 3.38. The zero-order valence-corrected chi connectivity index (χ0v) is 10.5. The van der Waals surface area contributed by atoms with Crippen molar-refractivity contribution in [1.82, 2.24) is 15.5 Å². The van der Waals surface area contributed by atoms with Crippen LogP contribution in [0.4, 0.5) is 0 Å². The molecule has 2 aromatic rings. The van der Waals surface area contributed by atoms with Crippen LogP contribution in [0.5, 0.6) is 0 Å². The zero-order chi connectivity index (χ0) is 12.1. The topological polar surface area (TPSA) is 54.9 Å². The van der Waals surface area contributed by atoms with Gasteiger partial charge in [0, 0.05) is 6.54 Å². The molecule has 0 aliphatic rings. The summed E-state index contributed by atoms with van der Waals surface area (Å²) in [6.07, 6.45) is 0.816. The van der Waals surface area contributed by atoms with E-state index in [0.717, 1.165) is 6.42 Å². The van der Waals surface area contributed by atoms with E-state index in [2.05, 4.69) is 20.9 Å². The quantitative estimate of drug-likeness (QED) is 0.924. The van der Waals surface area contributed by atoms with Gasteiger partial charge in [-0.1, -0.05) is 11.6 Å². The molecule has 0 bridgehead atoms. The number of aromatic nitrogens is 2. The van der Waals surface area contributed by atoms with Crippen molar-refractivity contribution in [3.63, 3.8) is 0 Å². The average molecular weight is 268 g/mol. The van der Waals surface area contributed by atoms with Crippen molar-refractivity contribution in [2.45, 2.75) is 6.42 Å². The Morgan fingerprint density at radius 1 is 1.35 bits per heavy atom. The maximum absolute atomic E-state index is 11.6. The smallest absolute Gasteiger partial charge is 0.271 e. The molecular formula is C11H10ClN3OS. The number of hydrogen-bond donors (Lipinski definition) is 1. The summed E-state index contributed by atoms with van der Waals surface area (Å²) in [4.78, 5) is 11.6.